The smallest absolute Gasteiger partial charge is 0.322 e. The number of anilines is 1. The van der Waals surface area contributed by atoms with E-state index in [1.807, 2.05) is 81.6 Å². The molecule has 4 rings (SSSR count). The maximum atomic E-state index is 13.6. The topological polar surface area (TPSA) is 71.1 Å². The van der Waals surface area contributed by atoms with E-state index in [1.165, 1.54) is 0 Å². The zero-order valence-electron chi connectivity index (χ0n) is 21.2. The summed E-state index contributed by atoms with van der Waals surface area (Å²) in [5.41, 5.74) is 3.82. The van der Waals surface area contributed by atoms with Crippen molar-refractivity contribution in [2.45, 2.75) is 40.8 Å². The fraction of sp³-hybridized carbons (Fsp3) is 0.357. The van der Waals surface area contributed by atoms with E-state index in [4.69, 9.17) is 9.47 Å². The van der Waals surface area contributed by atoms with E-state index >= 15 is 0 Å². The van der Waals surface area contributed by atoms with Gasteiger partial charge in [-0.2, -0.15) is 0 Å². The van der Waals surface area contributed by atoms with E-state index < -0.39 is 0 Å². The third-order valence-corrected chi connectivity index (χ3v) is 6.77. The zero-order chi connectivity index (χ0) is 25.7. The number of thiophene rings is 1. The summed E-state index contributed by atoms with van der Waals surface area (Å²) in [6.07, 6.45) is 0. The van der Waals surface area contributed by atoms with Crippen molar-refractivity contribution in [3.63, 3.8) is 0 Å². The van der Waals surface area contributed by atoms with E-state index in [-0.39, 0.29) is 31.2 Å². The van der Waals surface area contributed by atoms with Gasteiger partial charge in [0.1, 0.15) is 6.54 Å². The van der Waals surface area contributed by atoms with Crippen LogP contribution in [0.15, 0.2) is 53.9 Å². The number of hydrogen-bond acceptors (Lipinski definition) is 5. The first-order valence-electron chi connectivity index (χ1n) is 12.1. The Labute approximate surface area is 216 Å². The number of carbonyl (C=O) groups is 2. The number of rotatable bonds is 9. The number of hydrogen-bond donors (Lipinski definition) is 1. The molecule has 36 heavy (non-hydrogen) atoms. The zero-order valence-corrected chi connectivity index (χ0v) is 22.1. The molecule has 0 saturated heterocycles. The quantitative estimate of drug-likeness (QED) is 0.397. The van der Waals surface area contributed by atoms with Gasteiger partial charge in [0, 0.05) is 23.7 Å². The number of carbonyl (C=O) groups excluding carboxylic acids is 2. The SMILES string of the molecule is Cc1ccc(NC(=O)N(CC(=O)N(Cc2ccc3c(c2)OCO3)Cc2cccs2)CC(C)C)c(C)c1. The van der Waals surface area contributed by atoms with Gasteiger partial charge in [-0.15, -0.1) is 11.3 Å². The van der Waals surface area contributed by atoms with Crippen molar-refractivity contribution in [3.8, 4) is 11.5 Å². The predicted octanol–water partition coefficient (Wildman–Crippen LogP) is 5.81. The lowest BCUT2D eigenvalue weighted by Gasteiger charge is -2.29. The van der Waals surface area contributed by atoms with Crippen LogP contribution in [0.4, 0.5) is 10.5 Å². The highest BCUT2D eigenvalue weighted by Gasteiger charge is 2.24. The molecule has 190 valence electrons. The van der Waals surface area contributed by atoms with E-state index in [0.29, 0.717) is 31.1 Å². The molecule has 0 bridgehead atoms. The molecule has 0 radical (unpaired) electrons. The highest BCUT2D eigenvalue weighted by molar-refractivity contribution is 7.09. The lowest BCUT2D eigenvalue weighted by atomic mass is 10.1. The van der Waals surface area contributed by atoms with Crippen molar-refractivity contribution in [1.29, 1.82) is 0 Å². The number of aryl methyl sites for hydroxylation is 2. The Bertz CT molecular complexity index is 1210. The van der Waals surface area contributed by atoms with Crippen LogP contribution in [0.2, 0.25) is 0 Å². The van der Waals surface area contributed by atoms with Crippen LogP contribution in [0, 0.1) is 19.8 Å². The van der Waals surface area contributed by atoms with Crippen LogP contribution in [0.25, 0.3) is 0 Å². The number of fused-ring (bicyclic) bond motifs is 1. The summed E-state index contributed by atoms with van der Waals surface area (Å²) in [6, 6.07) is 15.3. The number of urea groups is 1. The van der Waals surface area contributed by atoms with Crippen LogP contribution in [0.1, 0.15) is 35.4 Å². The standard InChI is InChI=1S/C28H33N3O4S/c1-19(2)14-31(28(33)29-24-9-7-20(3)12-21(24)4)17-27(32)30(16-23-6-5-11-36-23)15-22-8-10-25-26(13-22)35-18-34-25/h5-13,19H,14-18H2,1-4H3,(H,29,33). The van der Waals surface area contributed by atoms with Crippen molar-refractivity contribution >= 4 is 29.0 Å². The molecule has 1 aliphatic heterocycles. The second kappa shape index (κ2) is 11.5. The number of nitrogens with one attached hydrogen (secondary N) is 1. The highest BCUT2D eigenvalue weighted by atomic mass is 32.1. The van der Waals surface area contributed by atoms with Gasteiger partial charge in [-0.3, -0.25) is 4.79 Å². The minimum Gasteiger partial charge on any atom is -0.454 e. The van der Waals surface area contributed by atoms with Crippen molar-refractivity contribution in [1.82, 2.24) is 9.80 Å². The second-order valence-electron chi connectivity index (χ2n) is 9.54. The molecule has 3 amide bonds. The number of amides is 3. The molecule has 2 heterocycles. The first-order chi connectivity index (χ1) is 17.3. The fourth-order valence-electron chi connectivity index (χ4n) is 4.15. The van der Waals surface area contributed by atoms with Crippen LogP contribution in [0.3, 0.4) is 0 Å². The molecule has 1 N–H and O–H groups in total. The predicted molar refractivity (Wildman–Crippen MR) is 142 cm³/mol. The Hall–Kier alpha value is -3.52. The minimum absolute atomic E-state index is 0.00908. The van der Waals surface area contributed by atoms with Crippen molar-refractivity contribution < 1.29 is 19.1 Å². The Kier molecular flexibility index (Phi) is 8.15. The van der Waals surface area contributed by atoms with Crippen LogP contribution >= 0.6 is 11.3 Å². The summed E-state index contributed by atoms with van der Waals surface area (Å²) >= 11 is 1.61. The summed E-state index contributed by atoms with van der Waals surface area (Å²) in [5, 5.41) is 5.00. The molecule has 0 atom stereocenters. The molecular formula is C28H33N3O4S. The Morgan fingerprint density at radius 2 is 1.81 bits per heavy atom. The van der Waals surface area contributed by atoms with Gasteiger partial charge >= 0.3 is 6.03 Å². The third kappa shape index (κ3) is 6.57. The lowest BCUT2D eigenvalue weighted by molar-refractivity contribution is -0.133. The Morgan fingerprint density at radius 1 is 1.00 bits per heavy atom. The normalized spacial score (nSPS) is 12.0. The molecule has 0 fully saturated rings. The maximum absolute atomic E-state index is 13.6. The van der Waals surface area contributed by atoms with E-state index in [1.54, 1.807) is 21.1 Å². The molecule has 0 aliphatic carbocycles. The largest absolute Gasteiger partial charge is 0.454 e. The van der Waals surface area contributed by atoms with Crippen LogP contribution in [-0.4, -0.2) is 41.6 Å². The van der Waals surface area contributed by atoms with Gasteiger partial charge in [-0.1, -0.05) is 43.7 Å². The van der Waals surface area contributed by atoms with Gasteiger partial charge in [-0.05, 0) is 60.5 Å². The molecule has 3 aromatic rings. The third-order valence-electron chi connectivity index (χ3n) is 5.91. The first kappa shape index (κ1) is 25.6. The molecule has 7 nitrogen and oxygen atoms in total. The van der Waals surface area contributed by atoms with Crippen molar-refractivity contribution in [2.24, 2.45) is 5.92 Å². The average Bonchev–Trinajstić information content (AvgIpc) is 3.51. The molecule has 1 aliphatic rings. The van der Waals surface area contributed by atoms with Crippen LogP contribution < -0.4 is 14.8 Å². The molecule has 2 aromatic carbocycles. The average molecular weight is 508 g/mol. The van der Waals surface area contributed by atoms with Gasteiger partial charge in [0.15, 0.2) is 11.5 Å². The molecule has 1 aromatic heterocycles. The lowest BCUT2D eigenvalue weighted by Crippen LogP contribution is -2.45. The van der Waals surface area contributed by atoms with E-state index in [9.17, 15) is 9.59 Å². The van der Waals surface area contributed by atoms with Gasteiger partial charge in [0.05, 0.1) is 6.54 Å². The maximum Gasteiger partial charge on any atom is 0.322 e. The van der Waals surface area contributed by atoms with Crippen molar-refractivity contribution in [3.05, 3.63) is 75.5 Å². The van der Waals surface area contributed by atoms with E-state index in [0.717, 1.165) is 27.3 Å². The monoisotopic (exact) mass is 507 g/mol. The number of ether oxygens (including phenoxy) is 2. The molecule has 0 unspecified atom stereocenters. The second-order valence-corrected chi connectivity index (χ2v) is 10.6. The molecule has 8 heteroatoms. The van der Waals surface area contributed by atoms with Crippen molar-refractivity contribution in [2.75, 3.05) is 25.2 Å². The summed E-state index contributed by atoms with van der Waals surface area (Å²) in [5.74, 6) is 1.49. The Balaban J connectivity index is 1.51. The van der Waals surface area contributed by atoms with Gasteiger partial charge in [-0.25, -0.2) is 4.79 Å². The Morgan fingerprint density at radius 3 is 2.53 bits per heavy atom. The summed E-state index contributed by atoms with van der Waals surface area (Å²) in [7, 11) is 0. The molecule has 0 saturated carbocycles. The van der Waals surface area contributed by atoms with Gasteiger partial charge < -0.3 is 24.6 Å². The van der Waals surface area contributed by atoms with Crippen LogP contribution in [0.5, 0.6) is 11.5 Å². The molecule has 0 spiro atoms. The first-order valence-corrected chi connectivity index (χ1v) is 13.0. The summed E-state index contributed by atoms with van der Waals surface area (Å²) in [4.78, 5) is 31.4. The van der Waals surface area contributed by atoms with Gasteiger partial charge in [0.25, 0.3) is 0 Å². The van der Waals surface area contributed by atoms with E-state index in [2.05, 4.69) is 5.32 Å². The fourth-order valence-corrected chi connectivity index (χ4v) is 4.87. The summed E-state index contributed by atoms with van der Waals surface area (Å²) in [6.45, 7) is 9.61. The number of nitrogens with zero attached hydrogens (tertiary/aromatic N) is 2. The minimum atomic E-state index is -0.275. The van der Waals surface area contributed by atoms with Crippen LogP contribution in [-0.2, 0) is 17.9 Å². The number of benzene rings is 2. The summed E-state index contributed by atoms with van der Waals surface area (Å²) < 4.78 is 10.9. The van der Waals surface area contributed by atoms with Gasteiger partial charge in [0.2, 0.25) is 12.7 Å². The highest BCUT2D eigenvalue weighted by Crippen LogP contribution is 2.33. The molecular weight excluding hydrogens is 474 g/mol.